The molecule has 1 aliphatic heterocycles. The zero-order valence-electron chi connectivity index (χ0n) is 15.1. The standard InChI is InChI=1S/C16H15F3N4O4S2/c1-28-8-12(24)21-2-4-22(5-3-21)15-20-14(25)10-6-9(16(17,18)19)7-11(23(26)27)13(10)29-15/h6-7H,2-5,8H2,1H3. The minimum absolute atomic E-state index is 0.00729. The third kappa shape index (κ3) is 4.45. The molecule has 0 aliphatic carbocycles. The van der Waals surface area contributed by atoms with Crippen molar-refractivity contribution in [3.05, 3.63) is 38.2 Å². The van der Waals surface area contributed by atoms with Gasteiger partial charge in [-0.1, -0.05) is 11.3 Å². The molecule has 1 amide bonds. The molecule has 0 saturated carbocycles. The average molecular weight is 448 g/mol. The summed E-state index contributed by atoms with van der Waals surface area (Å²) in [6.07, 6.45) is -3.00. The first kappa shape index (κ1) is 21.3. The predicted octanol–water partition coefficient (Wildman–Crippen LogP) is 2.60. The molecule has 8 nitrogen and oxygen atoms in total. The number of aromatic nitrogens is 1. The number of non-ortho nitro benzene ring substituents is 1. The second-order valence-electron chi connectivity index (χ2n) is 6.23. The van der Waals surface area contributed by atoms with Crippen molar-refractivity contribution in [1.29, 1.82) is 0 Å². The van der Waals surface area contributed by atoms with Gasteiger partial charge in [-0.2, -0.15) is 29.9 Å². The Kier molecular flexibility index (Phi) is 5.98. The number of nitrogens with zero attached hydrogens (tertiary/aromatic N) is 4. The zero-order chi connectivity index (χ0) is 21.3. The number of anilines is 1. The van der Waals surface area contributed by atoms with Crippen LogP contribution in [0.4, 0.5) is 24.0 Å². The van der Waals surface area contributed by atoms with Crippen molar-refractivity contribution in [1.82, 2.24) is 9.88 Å². The number of piperazine rings is 1. The molecular formula is C16H15F3N4O4S2. The quantitative estimate of drug-likeness (QED) is 0.524. The summed E-state index contributed by atoms with van der Waals surface area (Å²) in [5.74, 6) is 0.349. The summed E-state index contributed by atoms with van der Waals surface area (Å²) in [5, 5.41) is 11.1. The van der Waals surface area contributed by atoms with Gasteiger partial charge in [0.05, 0.1) is 21.6 Å². The zero-order valence-corrected chi connectivity index (χ0v) is 16.7. The van der Waals surface area contributed by atoms with E-state index in [1.165, 1.54) is 11.8 Å². The van der Waals surface area contributed by atoms with Crippen molar-refractivity contribution in [2.75, 3.05) is 43.1 Å². The Hall–Kier alpha value is -2.41. The number of nitro benzene ring substituents is 1. The number of carbonyl (C=O) groups excluding carboxylic acids is 1. The van der Waals surface area contributed by atoms with E-state index in [1.54, 1.807) is 9.80 Å². The van der Waals surface area contributed by atoms with Gasteiger partial charge in [0.2, 0.25) is 5.91 Å². The van der Waals surface area contributed by atoms with Gasteiger partial charge in [-0.25, -0.2) is 0 Å². The number of carbonyl (C=O) groups is 1. The molecule has 0 unspecified atom stereocenters. The molecule has 1 fully saturated rings. The first-order chi connectivity index (χ1) is 13.6. The molecule has 1 aliphatic rings. The molecule has 0 bridgehead atoms. The highest BCUT2D eigenvalue weighted by Gasteiger charge is 2.34. The van der Waals surface area contributed by atoms with Crippen LogP contribution in [0.25, 0.3) is 10.1 Å². The number of hydrogen-bond donors (Lipinski definition) is 0. The number of nitro groups is 1. The van der Waals surface area contributed by atoms with Crippen molar-refractivity contribution in [2.24, 2.45) is 0 Å². The van der Waals surface area contributed by atoms with Gasteiger partial charge in [0, 0.05) is 32.2 Å². The van der Waals surface area contributed by atoms with Crippen LogP contribution in [0.15, 0.2) is 16.9 Å². The number of hydrogen-bond acceptors (Lipinski definition) is 8. The average Bonchev–Trinajstić information content (AvgIpc) is 2.66. The lowest BCUT2D eigenvalue weighted by Crippen LogP contribution is -2.49. The van der Waals surface area contributed by atoms with E-state index in [4.69, 9.17) is 0 Å². The molecule has 156 valence electrons. The van der Waals surface area contributed by atoms with Gasteiger partial charge < -0.3 is 9.80 Å². The molecule has 0 spiro atoms. The normalized spacial score (nSPS) is 15.0. The fourth-order valence-corrected chi connectivity index (χ4v) is 4.48. The molecule has 2 aromatic rings. The lowest BCUT2D eigenvalue weighted by atomic mass is 10.1. The molecule has 1 aromatic carbocycles. The van der Waals surface area contributed by atoms with Gasteiger partial charge in [-0.05, 0) is 12.3 Å². The van der Waals surface area contributed by atoms with Crippen LogP contribution in [-0.4, -0.2) is 58.9 Å². The molecule has 1 saturated heterocycles. The summed E-state index contributed by atoms with van der Waals surface area (Å²) in [6, 6.07) is 1.03. The SMILES string of the molecule is CSCC(=O)N1CCN(c2nc(=O)c3cc(C(F)(F)F)cc([N+](=O)[O-])c3s2)CC1. The Morgan fingerprint density at radius 3 is 2.52 bits per heavy atom. The lowest BCUT2D eigenvalue weighted by molar-refractivity contribution is -0.383. The summed E-state index contributed by atoms with van der Waals surface area (Å²) in [5.41, 5.74) is -3.00. The third-order valence-electron chi connectivity index (χ3n) is 4.39. The van der Waals surface area contributed by atoms with E-state index in [2.05, 4.69) is 4.98 Å². The van der Waals surface area contributed by atoms with E-state index in [-0.39, 0.29) is 15.7 Å². The van der Waals surface area contributed by atoms with E-state index in [1.807, 2.05) is 6.26 Å². The highest BCUT2D eigenvalue weighted by Crippen LogP contribution is 2.38. The van der Waals surface area contributed by atoms with Gasteiger partial charge in [0.1, 0.15) is 4.70 Å². The molecule has 13 heteroatoms. The number of rotatable bonds is 4. The monoisotopic (exact) mass is 448 g/mol. The number of thioether (sulfide) groups is 1. The predicted molar refractivity (Wildman–Crippen MR) is 105 cm³/mol. The van der Waals surface area contributed by atoms with Crippen LogP contribution in [0.1, 0.15) is 5.56 Å². The van der Waals surface area contributed by atoms with Crippen LogP contribution in [-0.2, 0) is 11.0 Å². The Morgan fingerprint density at radius 1 is 1.31 bits per heavy atom. The maximum atomic E-state index is 13.0. The Labute approximate surface area is 170 Å². The summed E-state index contributed by atoms with van der Waals surface area (Å²) in [6.45, 7) is 1.52. The smallest absolute Gasteiger partial charge is 0.344 e. The van der Waals surface area contributed by atoms with Crippen molar-refractivity contribution < 1.29 is 22.9 Å². The van der Waals surface area contributed by atoms with Crippen LogP contribution in [0.5, 0.6) is 0 Å². The Morgan fingerprint density at radius 2 is 1.97 bits per heavy atom. The molecule has 29 heavy (non-hydrogen) atoms. The van der Waals surface area contributed by atoms with Crippen LogP contribution in [0.3, 0.4) is 0 Å². The Bertz CT molecular complexity index is 1020. The summed E-state index contributed by atoms with van der Waals surface area (Å²) in [4.78, 5) is 42.0. The molecular weight excluding hydrogens is 433 g/mol. The fourth-order valence-electron chi connectivity index (χ4n) is 2.94. The minimum Gasteiger partial charge on any atom is -0.344 e. The number of benzene rings is 1. The summed E-state index contributed by atoms with van der Waals surface area (Å²) < 4.78 is 38.9. The number of halogens is 3. The molecule has 0 atom stereocenters. The van der Waals surface area contributed by atoms with E-state index in [0.29, 0.717) is 44.1 Å². The topological polar surface area (TPSA) is 96.7 Å². The Balaban J connectivity index is 1.98. The van der Waals surface area contributed by atoms with E-state index in [9.17, 15) is 32.9 Å². The van der Waals surface area contributed by atoms with Crippen molar-refractivity contribution >= 4 is 49.9 Å². The van der Waals surface area contributed by atoms with Gasteiger partial charge in [0.25, 0.3) is 11.2 Å². The van der Waals surface area contributed by atoms with E-state index >= 15 is 0 Å². The van der Waals surface area contributed by atoms with Crippen molar-refractivity contribution in [3.8, 4) is 0 Å². The number of amides is 1. The highest BCUT2D eigenvalue weighted by molar-refractivity contribution is 7.99. The van der Waals surface area contributed by atoms with Crippen LogP contribution in [0.2, 0.25) is 0 Å². The molecule has 0 N–H and O–H groups in total. The van der Waals surface area contributed by atoms with Gasteiger partial charge in [0.15, 0.2) is 5.13 Å². The van der Waals surface area contributed by atoms with E-state index < -0.39 is 33.3 Å². The minimum atomic E-state index is -4.83. The maximum Gasteiger partial charge on any atom is 0.416 e. The van der Waals surface area contributed by atoms with Crippen LogP contribution >= 0.6 is 23.1 Å². The first-order valence-electron chi connectivity index (χ1n) is 8.34. The molecule has 2 heterocycles. The van der Waals surface area contributed by atoms with Gasteiger partial charge in [-0.15, -0.1) is 0 Å². The number of alkyl halides is 3. The fraction of sp³-hybridized carbons (Fsp3) is 0.438. The molecule has 3 rings (SSSR count). The lowest BCUT2D eigenvalue weighted by Gasteiger charge is -2.34. The molecule has 1 aromatic heterocycles. The second kappa shape index (κ2) is 8.14. The van der Waals surface area contributed by atoms with Crippen molar-refractivity contribution in [2.45, 2.75) is 6.18 Å². The summed E-state index contributed by atoms with van der Waals surface area (Å²) in [7, 11) is 0. The molecule has 0 radical (unpaired) electrons. The first-order valence-corrected chi connectivity index (χ1v) is 10.5. The summed E-state index contributed by atoms with van der Waals surface area (Å²) >= 11 is 2.21. The highest BCUT2D eigenvalue weighted by atomic mass is 32.2. The van der Waals surface area contributed by atoms with Gasteiger partial charge >= 0.3 is 6.18 Å². The van der Waals surface area contributed by atoms with E-state index in [0.717, 1.165) is 11.3 Å². The third-order valence-corrected chi connectivity index (χ3v) is 6.09. The second-order valence-corrected chi connectivity index (χ2v) is 8.07. The van der Waals surface area contributed by atoms with Crippen LogP contribution in [0, 0.1) is 10.1 Å². The number of fused-ring (bicyclic) bond motifs is 1. The largest absolute Gasteiger partial charge is 0.416 e. The van der Waals surface area contributed by atoms with Crippen molar-refractivity contribution in [3.63, 3.8) is 0 Å². The maximum absolute atomic E-state index is 13.0. The van der Waals surface area contributed by atoms with Crippen LogP contribution < -0.4 is 10.5 Å². The van der Waals surface area contributed by atoms with Gasteiger partial charge in [-0.3, -0.25) is 19.7 Å².